The quantitative estimate of drug-likeness (QED) is 0.481. The van der Waals surface area contributed by atoms with Crippen molar-refractivity contribution in [3.05, 3.63) is 70.8 Å². The number of hydrogen-bond acceptors (Lipinski definition) is 3. The first-order chi connectivity index (χ1) is 16.9. The lowest BCUT2D eigenvalue weighted by molar-refractivity contribution is 0.0792. The molecule has 0 aliphatic heterocycles. The Kier molecular flexibility index (Phi) is 5.71. The summed E-state index contributed by atoms with van der Waals surface area (Å²) in [5, 5.41) is 9.96. The second-order valence-corrected chi connectivity index (χ2v) is 12.0. The number of allylic oxidation sites excluding steroid dienone is 2. The summed E-state index contributed by atoms with van der Waals surface area (Å²) < 4.78 is 13.9. The van der Waals surface area contributed by atoms with Gasteiger partial charge in [0.1, 0.15) is 5.82 Å². The van der Waals surface area contributed by atoms with Crippen LogP contribution in [0.3, 0.4) is 0 Å². The maximum absolute atomic E-state index is 13.9. The lowest BCUT2D eigenvalue weighted by Crippen LogP contribution is -2.41. The van der Waals surface area contributed by atoms with Gasteiger partial charge in [-0.3, -0.25) is 9.78 Å². The fourth-order valence-electron chi connectivity index (χ4n) is 8.29. The molecule has 4 aliphatic rings. The molecule has 4 aliphatic carbocycles. The van der Waals surface area contributed by atoms with Gasteiger partial charge in [-0.05, 0) is 103 Å². The van der Waals surface area contributed by atoms with E-state index in [0.29, 0.717) is 24.2 Å². The molecule has 0 radical (unpaired) electrons. The number of aliphatic hydroxyl groups excluding tert-OH is 1. The minimum Gasteiger partial charge on any atom is -0.396 e. The molecule has 184 valence electrons. The third-order valence-electron chi connectivity index (χ3n) is 10.2. The molecule has 4 heteroatoms. The van der Waals surface area contributed by atoms with E-state index < -0.39 is 0 Å². The first-order valence-electron chi connectivity index (χ1n) is 13.5. The first-order valence-corrected chi connectivity index (χ1v) is 13.5. The number of ketones is 1. The van der Waals surface area contributed by atoms with Crippen LogP contribution in [-0.4, -0.2) is 22.5 Å². The SMILES string of the molecule is C[C@]12CC[C@@H]3c4ccc(C(=O)CC5(CO)CCCC5)cc4CC[C@H]3[C@@H]1CC=C2c1cncc(F)c1. The Morgan fingerprint density at radius 2 is 1.97 bits per heavy atom. The van der Waals surface area contributed by atoms with Crippen molar-refractivity contribution in [3.63, 3.8) is 0 Å². The van der Waals surface area contributed by atoms with Crippen LogP contribution in [0.1, 0.15) is 97.7 Å². The van der Waals surface area contributed by atoms with Crippen LogP contribution in [0.25, 0.3) is 5.57 Å². The number of Topliss-reactive ketones (excluding diaryl/α,β-unsaturated/α-hetero) is 1. The average Bonchev–Trinajstić information content (AvgIpc) is 3.48. The van der Waals surface area contributed by atoms with Crippen LogP contribution >= 0.6 is 0 Å². The van der Waals surface area contributed by atoms with E-state index in [1.165, 1.54) is 22.9 Å². The van der Waals surface area contributed by atoms with Crippen molar-refractivity contribution in [1.82, 2.24) is 4.98 Å². The van der Waals surface area contributed by atoms with Gasteiger partial charge in [0.05, 0.1) is 6.20 Å². The second-order valence-electron chi connectivity index (χ2n) is 12.0. The maximum atomic E-state index is 13.9. The molecule has 0 spiro atoms. The van der Waals surface area contributed by atoms with Crippen LogP contribution in [0.4, 0.5) is 4.39 Å². The number of halogens is 1. The largest absolute Gasteiger partial charge is 0.396 e. The highest BCUT2D eigenvalue weighted by Crippen LogP contribution is 2.63. The van der Waals surface area contributed by atoms with Gasteiger partial charge < -0.3 is 5.11 Å². The number of pyridine rings is 1. The minimum absolute atomic E-state index is 0.0734. The van der Waals surface area contributed by atoms with Gasteiger partial charge in [0.2, 0.25) is 0 Å². The van der Waals surface area contributed by atoms with Crippen LogP contribution in [0.15, 0.2) is 42.7 Å². The molecular weight excluding hydrogens is 437 g/mol. The molecule has 2 aromatic rings. The lowest BCUT2D eigenvalue weighted by atomic mass is 9.54. The van der Waals surface area contributed by atoms with E-state index in [9.17, 15) is 14.3 Å². The van der Waals surface area contributed by atoms with Crippen LogP contribution < -0.4 is 0 Å². The van der Waals surface area contributed by atoms with Crippen molar-refractivity contribution in [1.29, 1.82) is 0 Å². The topological polar surface area (TPSA) is 50.2 Å². The number of carbonyl (C=O) groups excluding carboxylic acids is 1. The zero-order chi connectivity index (χ0) is 24.2. The molecule has 2 saturated carbocycles. The summed E-state index contributed by atoms with van der Waals surface area (Å²) in [7, 11) is 0. The minimum atomic E-state index is -0.265. The molecule has 3 nitrogen and oxygen atoms in total. The fourth-order valence-corrected chi connectivity index (χ4v) is 8.29. The molecule has 0 amide bonds. The molecule has 2 fully saturated rings. The van der Waals surface area contributed by atoms with Gasteiger partial charge in [-0.2, -0.15) is 0 Å². The average molecular weight is 474 g/mol. The predicted octanol–water partition coefficient (Wildman–Crippen LogP) is 6.90. The third-order valence-corrected chi connectivity index (χ3v) is 10.2. The molecular formula is C31H36FNO2. The highest BCUT2D eigenvalue weighted by atomic mass is 19.1. The molecule has 1 aromatic carbocycles. The number of benzene rings is 1. The van der Waals surface area contributed by atoms with Crippen LogP contribution in [-0.2, 0) is 6.42 Å². The van der Waals surface area contributed by atoms with Gasteiger partial charge in [-0.25, -0.2) is 4.39 Å². The van der Waals surface area contributed by atoms with E-state index in [-0.39, 0.29) is 29.0 Å². The number of carbonyl (C=O) groups is 1. The van der Waals surface area contributed by atoms with Crippen LogP contribution in [0.5, 0.6) is 0 Å². The standard InChI is InChI=1S/C31H36FNO2/c1-30-13-10-25-24-6-5-21(29(35)16-31(19-34)11-2-3-12-31)14-20(24)4-7-26(25)28(30)9-8-27(30)22-15-23(32)18-33-17-22/h5-6,8,14-15,17-18,25-26,28,34H,2-4,7,9-13,16,19H2,1H3/t25-,26-,28+,30-/m1/s1. The van der Waals surface area contributed by atoms with Gasteiger partial charge in [-0.1, -0.05) is 38.0 Å². The monoisotopic (exact) mass is 473 g/mol. The van der Waals surface area contributed by atoms with Crippen molar-refractivity contribution in [2.24, 2.45) is 22.7 Å². The Balaban J connectivity index is 1.22. The molecule has 35 heavy (non-hydrogen) atoms. The van der Waals surface area contributed by atoms with Crippen molar-refractivity contribution in [2.45, 2.75) is 77.0 Å². The number of aromatic nitrogens is 1. The van der Waals surface area contributed by atoms with Gasteiger partial charge in [0.15, 0.2) is 5.78 Å². The number of aliphatic hydroxyl groups is 1. The summed E-state index contributed by atoms with van der Waals surface area (Å²) >= 11 is 0. The van der Waals surface area contributed by atoms with Gasteiger partial charge in [0, 0.05) is 30.2 Å². The Morgan fingerprint density at radius 3 is 2.74 bits per heavy atom. The molecule has 1 aromatic heterocycles. The Bertz CT molecular complexity index is 1180. The number of aryl methyl sites for hydroxylation is 1. The van der Waals surface area contributed by atoms with Crippen LogP contribution in [0, 0.1) is 28.5 Å². The summed E-state index contributed by atoms with van der Waals surface area (Å²) in [6.45, 7) is 2.50. The van der Waals surface area contributed by atoms with Crippen molar-refractivity contribution in [3.8, 4) is 0 Å². The zero-order valence-corrected chi connectivity index (χ0v) is 20.7. The summed E-state index contributed by atoms with van der Waals surface area (Å²) in [4.78, 5) is 17.3. The Hall–Kier alpha value is -2.33. The van der Waals surface area contributed by atoms with Crippen molar-refractivity contribution in [2.75, 3.05) is 6.61 Å². The first kappa shape index (κ1) is 23.1. The molecule has 0 saturated heterocycles. The van der Waals surface area contributed by atoms with Gasteiger partial charge >= 0.3 is 0 Å². The zero-order valence-electron chi connectivity index (χ0n) is 20.7. The van der Waals surface area contributed by atoms with E-state index in [1.54, 1.807) is 6.07 Å². The highest BCUT2D eigenvalue weighted by molar-refractivity contribution is 5.96. The summed E-state index contributed by atoms with van der Waals surface area (Å²) in [5.74, 6) is 1.65. The van der Waals surface area contributed by atoms with E-state index in [0.717, 1.165) is 68.9 Å². The van der Waals surface area contributed by atoms with E-state index in [2.05, 4.69) is 30.1 Å². The fraction of sp³-hybridized carbons (Fsp3) is 0.548. The predicted molar refractivity (Wildman–Crippen MR) is 136 cm³/mol. The molecule has 0 bridgehead atoms. The van der Waals surface area contributed by atoms with Gasteiger partial charge in [0.25, 0.3) is 0 Å². The van der Waals surface area contributed by atoms with E-state index in [4.69, 9.17) is 0 Å². The van der Waals surface area contributed by atoms with E-state index >= 15 is 0 Å². The third kappa shape index (κ3) is 3.80. The van der Waals surface area contributed by atoms with Crippen molar-refractivity contribution < 1.29 is 14.3 Å². The Labute approximate surface area is 207 Å². The molecule has 1 heterocycles. The number of nitrogens with zero attached hydrogens (tertiary/aromatic N) is 1. The Morgan fingerprint density at radius 1 is 1.14 bits per heavy atom. The normalized spacial score (nSPS) is 30.8. The van der Waals surface area contributed by atoms with E-state index in [1.807, 2.05) is 12.3 Å². The number of fused-ring (bicyclic) bond motifs is 5. The molecule has 6 rings (SSSR count). The maximum Gasteiger partial charge on any atom is 0.163 e. The lowest BCUT2D eigenvalue weighted by Gasteiger charge is -2.50. The molecule has 0 unspecified atom stereocenters. The smallest absolute Gasteiger partial charge is 0.163 e. The molecule has 1 N–H and O–H groups in total. The number of rotatable bonds is 5. The van der Waals surface area contributed by atoms with Crippen molar-refractivity contribution >= 4 is 11.4 Å². The summed E-state index contributed by atoms with van der Waals surface area (Å²) in [6.07, 6.45) is 15.5. The number of hydrogen-bond donors (Lipinski definition) is 1. The van der Waals surface area contributed by atoms with Crippen LogP contribution in [0.2, 0.25) is 0 Å². The second kappa shape index (κ2) is 8.65. The van der Waals surface area contributed by atoms with Gasteiger partial charge in [-0.15, -0.1) is 0 Å². The highest BCUT2D eigenvalue weighted by Gasteiger charge is 2.52. The summed E-state index contributed by atoms with van der Waals surface area (Å²) in [6, 6.07) is 8.09. The summed E-state index contributed by atoms with van der Waals surface area (Å²) in [5.41, 5.74) is 5.72. The molecule has 4 atom stereocenters.